The molecule has 0 radical (unpaired) electrons. The first-order valence-corrected chi connectivity index (χ1v) is 5.80. The number of cyclic esters (lactones) is 1. The van der Waals surface area contributed by atoms with Crippen molar-refractivity contribution in [2.45, 2.75) is 19.1 Å². The molecule has 1 aliphatic rings. The Balaban J connectivity index is 1.64. The fourth-order valence-electron chi connectivity index (χ4n) is 1.76. The van der Waals surface area contributed by atoms with Gasteiger partial charge in [0.2, 0.25) is 0 Å². The van der Waals surface area contributed by atoms with Crippen molar-refractivity contribution in [2.75, 3.05) is 6.61 Å². The van der Waals surface area contributed by atoms with Gasteiger partial charge in [-0.15, -0.1) is 5.10 Å². The van der Waals surface area contributed by atoms with Crippen molar-refractivity contribution in [2.24, 2.45) is 0 Å². The van der Waals surface area contributed by atoms with Crippen LogP contribution in [0.25, 0.3) is 0 Å². The van der Waals surface area contributed by atoms with E-state index >= 15 is 0 Å². The van der Waals surface area contributed by atoms with Crippen LogP contribution in [0, 0.1) is 0 Å². The molecule has 8 nitrogen and oxygen atoms in total. The fourth-order valence-corrected chi connectivity index (χ4v) is 1.76. The summed E-state index contributed by atoms with van der Waals surface area (Å²) in [4.78, 5) is 19.3. The molecule has 0 saturated carbocycles. The number of hydrogen-bond acceptors (Lipinski definition) is 7. The van der Waals surface area contributed by atoms with E-state index in [9.17, 15) is 4.79 Å². The molecule has 8 heteroatoms. The quantitative estimate of drug-likeness (QED) is 0.722. The predicted molar refractivity (Wildman–Crippen MR) is 61.0 cm³/mol. The van der Waals surface area contributed by atoms with Crippen molar-refractivity contribution in [1.82, 2.24) is 25.0 Å². The lowest BCUT2D eigenvalue weighted by Gasteiger charge is -2.03. The van der Waals surface area contributed by atoms with E-state index < -0.39 is 0 Å². The molecule has 1 saturated heterocycles. The summed E-state index contributed by atoms with van der Waals surface area (Å²) >= 11 is 0. The monoisotopic (exact) mass is 261 g/mol. The van der Waals surface area contributed by atoms with Crippen LogP contribution < -0.4 is 4.74 Å². The van der Waals surface area contributed by atoms with Crippen LogP contribution in [0.5, 0.6) is 6.01 Å². The highest BCUT2D eigenvalue weighted by molar-refractivity contribution is 5.75. The van der Waals surface area contributed by atoms with Crippen molar-refractivity contribution in [3.63, 3.8) is 0 Å². The summed E-state index contributed by atoms with van der Waals surface area (Å²) in [6.07, 6.45) is 5.46. The Hall–Kier alpha value is -2.51. The molecule has 19 heavy (non-hydrogen) atoms. The van der Waals surface area contributed by atoms with Gasteiger partial charge in [0.1, 0.15) is 12.3 Å². The number of carbonyl (C=O) groups is 1. The van der Waals surface area contributed by atoms with E-state index in [1.807, 2.05) is 0 Å². The lowest BCUT2D eigenvalue weighted by Crippen LogP contribution is -2.14. The summed E-state index contributed by atoms with van der Waals surface area (Å²) < 4.78 is 11.7. The van der Waals surface area contributed by atoms with Crippen molar-refractivity contribution >= 4 is 5.97 Å². The van der Waals surface area contributed by atoms with Crippen LogP contribution in [0.15, 0.2) is 24.7 Å². The maximum atomic E-state index is 11.4. The van der Waals surface area contributed by atoms with Gasteiger partial charge in [0, 0.05) is 18.8 Å². The Morgan fingerprint density at radius 1 is 1.42 bits per heavy atom. The van der Waals surface area contributed by atoms with Crippen LogP contribution in [-0.4, -0.2) is 37.5 Å². The molecular formula is C11H11N5O3. The molecule has 0 N–H and O–H groups in total. The first-order chi connectivity index (χ1) is 9.33. The second-order valence-electron chi connectivity index (χ2n) is 3.98. The minimum absolute atomic E-state index is 0.200. The Morgan fingerprint density at radius 3 is 3.00 bits per heavy atom. The van der Waals surface area contributed by atoms with E-state index in [-0.39, 0.29) is 24.6 Å². The molecular weight excluding hydrogens is 250 g/mol. The second-order valence-corrected chi connectivity index (χ2v) is 3.98. The van der Waals surface area contributed by atoms with Gasteiger partial charge in [-0.1, -0.05) is 5.21 Å². The first-order valence-electron chi connectivity index (χ1n) is 5.80. The molecule has 2 aromatic heterocycles. The number of ether oxygens (including phenoxy) is 2. The van der Waals surface area contributed by atoms with Gasteiger partial charge in [0.15, 0.2) is 6.04 Å². The predicted octanol–water partition coefficient (Wildman–Crippen LogP) is 0.135. The van der Waals surface area contributed by atoms with Gasteiger partial charge >= 0.3 is 12.0 Å². The van der Waals surface area contributed by atoms with E-state index in [0.29, 0.717) is 18.7 Å². The third kappa shape index (κ3) is 2.51. The zero-order chi connectivity index (χ0) is 13.1. The van der Waals surface area contributed by atoms with Crippen molar-refractivity contribution < 1.29 is 14.3 Å². The Morgan fingerprint density at radius 2 is 2.26 bits per heavy atom. The van der Waals surface area contributed by atoms with E-state index in [0.717, 1.165) is 0 Å². The Labute approximate surface area is 108 Å². The number of aromatic nitrogens is 5. The highest BCUT2D eigenvalue weighted by atomic mass is 16.5. The molecule has 3 rings (SSSR count). The summed E-state index contributed by atoms with van der Waals surface area (Å²) in [6.45, 7) is 0.624. The first kappa shape index (κ1) is 11.6. The van der Waals surface area contributed by atoms with Gasteiger partial charge in [-0.3, -0.25) is 0 Å². The average Bonchev–Trinajstić information content (AvgIpc) is 3.06. The standard InChI is InChI=1S/C11H11N5O3/c17-10-9(2-5-18-10)16-6-8(14-15-16)7-19-11-12-3-1-4-13-11/h1,3-4,6,9H,2,5,7H2. The third-order valence-electron chi connectivity index (χ3n) is 2.68. The fraction of sp³-hybridized carbons (Fsp3) is 0.364. The number of rotatable bonds is 4. The molecule has 0 amide bonds. The SMILES string of the molecule is O=C1OCCC1n1cc(COc2ncccn2)nn1. The lowest BCUT2D eigenvalue weighted by atomic mass is 10.2. The second kappa shape index (κ2) is 5.01. The molecule has 0 bridgehead atoms. The Kier molecular flexibility index (Phi) is 3.05. The topological polar surface area (TPSA) is 92.0 Å². The van der Waals surface area contributed by atoms with Crippen LogP contribution in [0.2, 0.25) is 0 Å². The van der Waals surface area contributed by atoms with Crippen molar-refractivity contribution in [3.8, 4) is 6.01 Å². The van der Waals surface area contributed by atoms with Crippen molar-refractivity contribution in [1.29, 1.82) is 0 Å². The highest BCUT2D eigenvalue weighted by Crippen LogP contribution is 2.19. The maximum Gasteiger partial charge on any atom is 0.331 e. The third-order valence-corrected chi connectivity index (χ3v) is 2.68. The summed E-state index contributed by atoms with van der Waals surface area (Å²) in [7, 11) is 0. The summed E-state index contributed by atoms with van der Waals surface area (Å²) in [5.74, 6) is -0.274. The smallest absolute Gasteiger partial charge is 0.331 e. The molecule has 1 aliphatic heterocycles. The summed E-state index contributed by atoms with van der Waals surface area (Å²) in [6, 6.07) is 1.60. The van der Waals surface area contributed by atoms with Crippen LogP contribution >= 0.6 is 0 Å². The molecule has 1 unspecified atom stereocenters. The number of carbonyl (C=O) groups excluding carboxylic acids is 1. The van der Waals surface area contributed by atoms with Gasteiger partial charge < -0.3 is 9.47 Å². The summed E-state index contributed by atoms with van der Waals surface area (Å²) in [5.41, 5.74) is 0.604. The van der Waals surface area contributed by atoms with Crippen LogP contribution in [0.4, 0.5) is 0 Å². The van der Waals surface area contributed by atoms with Crippen molar-refractivity contribution in [3.05, 3.63) is 30.4 Å². The van der Waals surface area contributed by atoms with E-state index in [4.69, 9.17) is 9.47 Å². The normalized spacial score (nSPS) is 18.3. The number of esters is 1. The zero-order valence-corrected chi connectivity index (χ0v) is 9.97. The maximum absolute atomic E-state index is 11.4. The molecule has 0 aliphatic carbocycles. The van der Waals surface area contributed by atoms with Gasteiger partial charge in [-0.25, -0.2) is 19.4 Å². The lowest BCUT2D eigenvalue weighted by molar-refractivity contribution is -0.140. The molecule has 2 aromatic rings. The molecule has 3 heterocycles. The van der Waals surface area contributed by atoms with E-state index in [1.165, 1.54) is 4.68 Å². The minimum atomic E-state index is -0.380. The largest absolute Gasteiger partial charge is 0.464 e. The van der Waals surface area contributed by atoms with Crippen LogP contribution in [0.1, 0.15) is 18.2 Å². The average molecular weight is 261 g/mol. The van der Waals surface area contributed by atoms with Crippen LogP contribution in [-0.2, 0) is 16.1 Å². The number of nitrogens with zero attached hydrogens (tertiary/aromatic N) is 5. The molecule has 1 fully saturated rings. The van der Waals surface area contributed by atoms with E-state index in [2.05, 4.69) is 20.3 Å². The molecule has 98 valence electrons. The zero-order valence-electron chi connectivity index (χ0n) is 9.97. The minimum Gasteiger partial charge on any atom is -0.464 e. The van der Waals surface area contributed by atoms with Gasteiger partial charge in [0.25, 0.3) is 0 Å². The Bertz CT molecular complexity index is 571. The summed E-state index contributed by atoms with van der Waals surface area (Å²) in [5, 5.41) is 7.84. The van der Waals surface area contributed by atoms with E-state index in [1.54, 1.807) is 24.7 Å². The highest BCUT2D eigenvalue weighted by Gasteiger charge is 2.29. The van der Waals surface area contributed by atoms with Gasteiger partial charge in [-0.2, -0.15) is 0 Å². The van der Waals surface area contributed by atoms with Gasteiger partial charge in [-0.05, 0) is 6.07 Å². The molecule has 0 aromatic carbocycles. The molecule has 0 spiro atoms. The number of hydrogen-bond donors (Lipinski definition) is 0. The van der Waals surface area contributed by atoms with Crippen LogP contribution in [0.3, 0.4) is 0 Å². The van der Waals surface area contributed by atoms with Gasteiger partial charge in [0.05, 0.1) is 12.8 Å². The molecule has 1 atom stereocenters.